The molecule has 4 heterocycles. The van der Waals surface area contributed by atoms with Gasteiger partial charge in [0.1, 0.15) is 18.9 Å². The summed E-state index contributed by atoms with van der Waals surface area (Å²) in [5, 5.41) is 4.64. The molecule has 2 aliphatic rings. The van der Waals surface area contributed by atoms with Crippen molar-refractivity contribution in [2.45, 2.75) is 44.7 Å². The minimum absolute atomic E-state index is 0.0152. The molecule has 7 nitrogen and oxygen atoms in total. The Morgan fingerprint density at radius 1 is 0.829 bits per heavy atom. The first-order valence-corrected chi connectivity index (χ1v) is 11.9. The van der Waals surface area contributed by atoms with Gasteiger partial charge in [-0.3, -0.25) is 9.59 Å². The number of carbonyl (C=O) groups is 2. The summed E-state index contributed by atoms with van der Waals surface area (Å²) < 4.78 is 22.5. The molecule has 4 atom stereocenters. The van der Waals surface area contributed by atoms with Gasteiger partial charge < -0.3 is 23.3 Å². The van der Waals surface area contributed by atoms with Crippen molar-refractivity contribution >= 4 is 55.6 Å². The zero-order valence-electron chi connectivity index (χ0n) is 19.4. The van der Waals surface area contributed by atoms with Crippen molar-refractivity contribution in [2.24, 2.45) is 0 Å². The summed E-state index contributed by atoms with van der Waals surface area (Å²) in [5.41, 5.74) is 4.40. The number of benzene rings is 3. The van der Waals surface area contributed by atoms with Gasteiger partial charge in [0.15, 0.2) is 6.10 Å². The molecule has 0 amide bonds. The maximum Gasteiger partial charge on any atom is 0.303 e. The van der Waals surface area contributed by atoms with E-state index in [4.69, 9.17) is 14.2 Å². The third-order valence-electron chi connectivity index (χ3n) is 7.43. The van der Waals surface area contributed by atoms with Gasteiger partial charge in [-0.25, -0.2) is 0 Å². The summed E-state index contributed by atoms with van der Waals surface area (Å²) >= 11 is 0. The van der Waals surface area contributed by atoms with Crippen molar-refractivity contribution < 1.29 is 23.8 Å². The SMILES string of the molecule is CC(=O)OC[C@H]1O[C@H]2C[C@@H]([C@@H]1OC(C)=O)n1c3ccccc3c3ccc4c5ccccc5n2c4c31. The van der Waals surface area contributed by atoms with Crippen molar-refractivity contribution in [3.63, 3.8) is 0 Å². The molecule has 1 saturated heterocycles. The molecular weight excluding hydrogens is 444 g/mol. The van der Waals surface area contributed by atoms with Crippen LogP contribution in [0.1, 0.15) is 32.5 Å². The predicted molar refractivity (Wildman–Crippen MR) is 132 cm³/mol. The van der Waals surface area contributed by atoms with Crippen molar-refractivity contribution in [1.29, 1.82) is 0 Å². The Morgan fingerprint density at radius 3 is 2.06 bits per heavy atom. The Hall–Kier alpha value is -3.84. The number of hydrogen-bond acceptors (Lipinski definition) is 5. The first-order valence-electron chi connectivity index (χ1n) is 11.9. The monoisotopic (exact) mass is 468 g/mol. The lowest BCUT2D eigenvalue weighted by Gasteiger charge is -2.41. The summed E-state index contributed by atoms with van der Waals surface area (Å²) in [4.78, 5) is 23.9. The highest BCUT2D eigenvalue weighted by Crippen LogP contribution is 2.49. The Balaban J connectivity index is 1.60. The van der Waals surface area contributed by atoms with Gasteiger partial charge in [-0.05, 0) is 12.1 Å². The van der Waals surface area contributed by atoms with E-state index in [1.807, 2.05) is 12.1 Å². The lowest BCUT2D eigenvalue weighted by atomic mass is 9.97. The van der Waals surface area contributed by atoms with E-state index in [1.54, 1.807) is 0 Å². The standard InChI is InChI=1S/C28H24N2O5/c1-15(31)33-14-24-28(34-16(2)32)23-13-25(35-24)30-22-10-6-4-8-18(22)20-12-11-19-17-7-3-5-9-21(17)29(23)26(19)27(20)30/h3-12,23-25,28H,13-14H2,1-2H3/t23-,24+,25-,28-/m0/s1. The molecule has 0 spiro atoms. The fourth-order valence-electron chi connectivity index (χ4n) is 6.23. The van der Waals surface area contributed by atoms with Crippen molar-refractivity contribution in [1.82, 2.24) is 9.13 Å². The molecule has 1 fully saturated rings. The minimum atomic E-state index is -0.603. The average Bonchev–Trinajstić information content (AvgIpc) is 3.32. The Morgan fingerprint density at radius 2 is 1.43 bits per heavy atom. The van der Waals surface area contributed by atoms with Gasteiger partial charge in [0.05, 0.1) is 22.6 Å². The van der Waals surface area contributed by atoms with Crippen LogP contribution >= 0.6 is 0 Å². The van der Waals surface area contributed by atoms with E-state index in [2.05, 4.69) is 57.7 Å². The van der Waals surface area contributed by atoms with Crippen LogP contribution in [0, 0.1) is 0 Å². The highest BCUT2D eigenvalue weighted by Gasteiger charge is 2.46. The van der Waals surface area contributed by atoms with Gasteiger partial charge >= 0.3 is 11.9 Å². The van der Waals surface area contributed by atoms with Crippen molar-refractivity contribution in [3.05, 3.63) is 60.7 Å². The van der Waals surface area contributed by atoms with E-state index < -0.39 is 18.2 Å². The molecule has 2 bridgehead atoms. The van der Waals surface area contributed by atoms with Gasteiger partial charge in [0.25, 0.3) is 0 Å². The quantitative estimate of drug-likeness (QED) is 0.339. The summed E-state index contributed by atoms with van der Waals surface area (Å²) in [7, 11) is 0. The van der Waals surface area contributed by atoms with Gasteiger partial charge in [0, 0.05) is 47.3 Å². The third-order valence-corrected chi connectivity index (χ3v) is 7.43. The molecule has 2 aromatic heterocycles. The van der Waals surface area contributed by atoms with Gasteiger partial charge in [-0.2, -0.15) is 0 Å². The Kier molecular flexibility index (Phi) is 4.30. The second kappa shape index (κ2) is 7.33. The minimum Gasteiger partial charge on any atom is -0.463 e. The number of fused-ring (bicyclic) bond motifs is 10. The topological polar surface area (TPSA) is 71.7 Å². The summed E-state index contributed by atoms with van der Waals surface area (Å²) in [5.74, 6) is -0.778. The summed E-state index contributed by atoms with van der Waals surface area (Å²) in [6.45, 7) is 2.80. The lowest BCUT2D eigenvalue weighted by Crippen LogP contribution is -2.48. The number of para-hydroxylation sites is 2. The molecule has 0 aliphatic carbocycles. The highest BCUT2D eigenvalue weighted by atomic mass is 16.6. The van der Waals surface area contributed by atoms with Crippen LogP contribution in [0.5, 0.6) is 0 Å². The zero-order chi connectivity index (χ0) is 23.8. The van der Waals surface area contributed by atoms with Crippen LogP contribution < -0.4 is 0 Å². The van der Waals surface area contributed by atoms with E-state index >= 15 is 0 Å². The Bertz CT molecular complexity index is 1680. The average molecular weight is 469 g/mol. The van der Waals surface area contributed by atoms with Gasteiger partial charge in [0.2, 0.25) is 0 Å². The first kappa shape index (κ1) is 20.5. The predicted octanol–water partition coefficient (Wildman–Crippen LogP) is 5.24. The van der Waals surface area contributed by atoms with Crippen LogP contribution in [0.3, 0.4) is 0 Å². The molecular formula is C28H24N2O5. The molecule has 176 valence electrons. The maximum atomic E-state index is 12.2. The number of hydrogen-bond donors (Lipinski definition) is 0. The smallest absolute Gasteiger partial charge is 0.303 e. The van der Waals surface area contributed by atoms with E-state index in [0.29, 0.717) is 6.42 Å². The fraction of sp³-hybridized carbons (Fsp3) is 0.286. The molecule has 2 aliphatic heterocycles. The van der Waals surface area contributed by atoms with Crippen molar-refractivity contribution in [3.8, 4) is 0 Å². The number of carbonyl (C=O) groups excluding carboxylic acids is 2. The van der Waals surface area contributed by atoms with Crippen LogP contribution in [0.25, 0.3) is 43.6 Å². The van der Waals surface area contributed by atoms with Gasteiger partial charge in [-0.1, -0.05) is 48.5 Å². The largest absolute Gasteiger partial charge is 0.463 e. The molecule has 0 radical (unpaired) electrons. The number of esters is 2. The normalized spacial score (nSPS) is 23.3. The number of aromatic nitrogens is 2. The zero-order valence-corrected chi connectivity index (χ0v) is 19.4. The van der Waals surface area contributed by atoms with E-state index in [1.165, 1.54) is 19.2 Å². The van der Waals surface area contributed by atoms with Crippen LogP contribution in [-0.2, 0) is 23.8 Å². The number of ether oxygens (including phenoxy) is 3. The van der Waals surface area contributed by atoms with E-state index in [-0.39, 0.29) is 24.8 Å². The third kappa shape index (κ3) is 2.82. The molecule has 0 unspecified atom stereocenters. The fourth-order valence-corrected chi connectivity index (χ4v) is 6.23. The lowest BCUT2D eigenvalue weighted by molar-refractivity contribution is -0.201. The van der Waals surface area contributed by atoms with Crippen LogP contribution in [0.4, 0.5) is 0 Å². The molecule has 35 heavy (non-hydrogen) atoms. The molecule has 7 rings (SSSR count). The second-order valence-electron chi connectivity index (χ2n) is 9.44. The highest BCUT2D eigenvalue weighted by molar-refractivity contribution is 6.22. The Labute approximate surface area is 200 Å². The number of nitrogens with zero attached hydrogens (tertiary/aromatic N) is 2. The molecule has 0 saturated carbocycles. The number of rotatable bonds is 3. The molecule has 0 N–H and O–H groups in total. The molecule has 7 heteroatoms. The van der Waals surface area contributed by atoms with E-state index in [9.17, 15) is 9.59 Å². The first-order chi connectivity index (χ1) is 17.0. The maximum absolute atomic E-state index is 12.2. The van der Waals surface area contributed by atoms with Crippen LogP contribution in [0.15, 0.2) is 60.7 Å². The summed E-state index contributed by atoms with van der Waals surface area (Å²) in [6, 6.07) is 20.9. The van der Waals surface area contributed by atoms with Gasteiger partial charge in [-0.15, -0.1) is 0 Å². The van der Waals surface area contributed by atoms with Crippen molar-refractivity contribution in [2.75, 3.05) is 6.61 Å². The van der Waals surface area contributed by atoms with E-state index in [0.717, 1.165) is 38.2 Å². The molecule has 3 aromatic carbocycles. The summed E-state index contributed by atoms with van der Waals surface area (Å²) in [6.07, 6.45) is -0.898. The second-order valence-corrected chi connectivity index (χ2v) is 9.44. The molecule has 5 aromatic rings. The van der Waals surface area contributed by atoms with Crippen LogP contribution in [-0.4, -0.2) is 39.9 Å². The van der Waals surface area contributed by atoms with Crippen LogP contribution in [0.2, 0.25) is 0 Å².